The molecule has 2 amide bonds. The predicted octanol–water partition coefficient (Wildman–Crippen LogP) is 4.96. The Bertz CT molecular complexity index is 784. The SMILES string of the molecule is CON(C)C(=O)Nc1ccc(COc2cccc(C(F)(F)F)c2)c(Cl)c1. The molecule has 0 radical (unpaired) electrons. The fourth-order valence-corrected chi connectivity index (χ4v) is 2.19. The minimum atomic E-state index is -4.44. The van der Waals surface area contributed by atoms with Crippen LogP contribution < -0.4 is 10.1 Å². The third kappa shape index (κ3) is 5.27. The molecule has 0 saturated heterocycles. The molecule has 0 atom stereocenters. The number of nitrogens with zero attached hydrogens (tertiary/aromatic N) is 1. The third-order valence-electron chi connectivity index (χ3n) is 3.42. The molecule has 0 aliphatic heterocycles. The molecule has 9 heteroatoms. The van der Waals surface area contributed by atoms with Crippen molar-refractivity contribution in [2.75, 3.05) is 19.5 Å². The summed E-state index contributed by atoms with van der Waals surface area (Å²) in [6.07, 6.45) is -4.44. The number of halogens is 4. The number of rotatable bonds is 5. The smallest absolute Gasteiger partial charge is 0.416 e. The maximum absolute atomic E-state index is 12.7. The van der Waals surface area contributed by atoms with Crippen LogP contribution in [0.5, 0.6) is 5.75 Å². The van der Waals surface area contributed by atoms with Crippen molar-refractivity contribution < 1.29 is 27.5 Å². The average molecular weight is 389 g/mol. The van der Waals surface area contributed by atoms with E-state index < -0.39 is 17.8 Å². The lowest BCUT2D eigenvalue weighted by atomic mass is 10.2. The Hall–Kier alpha value is -2.45. The number of carbonyl (C=O) groups is 1. The van der Waals surface area contributed by atoms with Crippen LogP contribution in [0.4, 0.5) is 23.7 Å². The molecule has 0 aliphatic rings. The average Bonchev–Trinajstić information content (AvgIpc) is 2.59. The first kappa shape index (κ1) is 19.9. The highest BCUT2D eigenvalue weighted by molar-refractivity contribution is 6.31. The number of amides is 2. The van der Waals surface area contributed by atoms with Crippen LogP contribution in [0.15, 0.2) is 42.5 Å². The number of alkyl halides is 3. The van der Waals surface area contributed by atoms with Gasteiger partial charge in [0.2, 0.25) is 0 Å². The van der Waals surface area contributed by atoms with Crippen molar-refractivity contribution in [2.24, 2.45) is 0 Å². The van der Waals surface area contributed by atoms with E-state index in [0.29, 0.717) is 16.3 Å². The molecular weight excluding hydrogens is 373 g/mol. The van der Waals surface area contributed by atoms with Gasteiger partial charge in [-0.05, 0) is 30.3 Å². The van der Waals surface area contributed by atoms with Crippen LogP contribution in [0, 0.1) is 0 Å². The molecule has 2 aromatic carbocycles. The molecule has 2 rings (SSSR count). The number of urea groups is 1. The van der Waals surface area contributed by atoms with E-state index in [4.69, 9.17) is 21.2 Å². The highest BCUT2D eigenvalue weighted by Gasteiger charge is 2.30. The second kappa shape index (κ2) is 8.29. The molecule has 0 unspecified atom stereocenters. The lowest BCUT2D eigenvalue weighted by Crippen LogP contribution is -2.30. The van der Waals surface area contributed by atoms with Crippen molar-refractivity contribution in [3.63, 3.8) is 0 Å². The van der Waals surface area contributed by atoms with Gasteiger partial charge in [0.05, 0.1) is 12.7 Å². The molecule has 0 heterocycles. The van der Waals surface area contributed by atoms with Gasteiger partial charge in [-0.2, -0.15) is 13.2 Å². The predicted molar refractivity (Wildman–Crippen MR) is 91.0 cm³/mol. The fourth-order valence-electron chi connectivity index (χ4n) is 1.95. The molecule has 0 saturated carbocycles. The summed E-state index contributed by atoms with van der Waals surface area (Å²) in [6, 6.07) is 8.81. The van der Waals surface area contributed by atoms with E-state index in [1.165, 1.54) is 32.4 Å². The highest BCUT2D eigenvalue weighted by atomic mass is 35.5. The summed E-state index contributed by atoms with van der Waals surface area (Å²) >= 11 is 6.14. The van der Waals surface area contributed by atoms with Gasteiger partial charge in [0.25, 0.3) is 0 Å². The van der Waals surface area contributed by atoms with Crippen molar-refractivity contribution in [3.05, 3.63) is 58.6 Å². The molecule has 2 aromatic rings. The summed E-state index contributed by atoms with van der Waals surface area (Å²) in [5, 5.41) is 3.87. The van der Waals surface area contributed by atoms with Crippen LogP contribution in [0.1, 0.15) is 11.1 Å². The maximum atomic E-state index is 12.7. The van der Waals surface area contributed by atoms with Gasteiger partial charge in [0.1, 0.15) is 12.4 Å². The zero-order valence-corrected chi connectivity index (χ0v) is 14.7. The monoisotopic (exact) mass is 388 g/mol. The normalized spacial score (nSPS) is 11.2. The van der Waals surface area contributed by atoms with Gasteiger partial charge >= 0.3 is 12.2 Å². The molecule has 0 spiro atoms. The molecule has 0 bridgehead atoms. The lowest BCUT2D eigenvalue weighted by Gasteiger charge is -2.15. The highest BCUT2D eigenvalue weighted by Crippen LogP contribution is 2.31. The van der Waals surface area contributed by atoms with Crippen molar-refractivity contribution in [2.45, 2.75) is 12.8 Å². The van der Waals surface area contributed by atoms with E-state index in [-0.39, 0.29) is 12.4 Å². The summed E-state index contributed by atoms with van der Waals surface area (Å²) in [5.41, 5.74) is 0.204. The minimum Gasteiger partial charge on any atom is -0.489 e. The Kier molecular flexibility index (Phi) is 6.33. The van der Waals surface area contributed by atoms with Gasteiger partial charge in [0.15, 0.2) is 0 Å². The standard InChI is InChI=1S/C17H16ClF3N2O3/c1-23(25-2)16(24)22-13-7-6-11(15(18)9-13)10-26-14-5-3-4-12(8-14)17(19,20)21/h3-9H,10H2,1-2H3,(H,22,24). The molecule has 0 fully saturated rings. The van der Waals surface area contributed by atoms with Gasteiger partial charge in [-0.15, -0.1) is 0 Å². The molecule has 26 heavy (non-hydrogen) atoms. The minimum absolute atomic E-state index is 0.0215. The molecule has 5 nitrogen and oxygen atoms in total. The number of hydroxylamine groups is 2. The van der Waals surface area contributed by atoms with Crippen molar-refractivity contribution in [1.82, 2.24) is 5.06 Å². The Morgan fingerprint density at radius 2 is 1.96 bits per heavy atom. The van der Waals surface area contributed by atoms with Crippen LogP contribution in [-0.2, 0) is 17.6 Å². The number of hydrogen-bond donors (Lipinski definition) is 1. The van der Waals surface area contributed by atoms with Gasteiger partial charge in [-0.1, -0.05) is 23.7 Å². The number of ether oxygens (including phenoxy) is 1. The molecule has 0 aliphatic carbocycles. The second-order valence-corrected chi connectivity index (χ2v) is 5.64. The van der Waals surface area contributed by atoms with Crippen LogP contribution in [0.2, 0.25) is 5.02 Å². The summed E-state index contributed by atoms with van der Waals surface area (Å²) in [5.74, 6) is 0.0787. The molecule has 140 valence electrons. The molecule has 0 aromatic heterocycles. The summed E-state index contributed by atoms with van der Waals surface area (Å²) in [4.78, 5) is 16.4. The number of carbonyl (C=O) groups excluding carboxylic acids is 1. The Labute approximate surface area is 153 Å². The van der Waals surface area contributed by atoms with E-state index in [9.17, 15) is 18.0 Å². The van der Waals surface area contributed by atoms with Gasteiger partial charge in [-0.3, -0.25) is 4.84 Å². The first-order valence-corrected chi connectivity index (χ1v) is 7.76. The Balaban J connectivity index is 2.04. The lowest BCUT2D eigenvalue weighted by molar-refractivity contribution is -0.137. The third-order valence-corrected chi connectivity index (χ3v) is 3.77. The zero-order valence-electron chi connectivity index (χ0n) is 13.9. The van der Waals surface area contributed by atoms with E-state index in [1.54, 1.807) is 12.1 Å². The Morgan fingerprint density at radius 3 is 2.58 bits per heavy atom. The summed E-state index contributed by atoms with van der Waals surface area (Å²) in [6.45, 7) is -0.0215. The number of anilines is 1. The van der Waals surface area contributed by atoms with Crippen molar-refractivity contribution in [3.8, 4) is 5.75 Å². The number of benzene rings is 2. The van der Waals surface area contributed by atoms with Gasteiger partial charge < -0.3 is 10.1 Å². The molecular formula is C17H16ClF3N2O3. The zero-order chi connectivity index (χ0) is 19.3. The number of hydrogen-bond acceptors (Lipinski definition) is 3. The molecule has 1 N–H and O–H groups in total. The fraction of sp³-hybridized carbons (Fsp3) is 0.235. The largest absolute Gasteiger partial charge is 0.489 e. The quantitative estimate of drug-likeness (QED) is 0.736. The summed E-state index contributed by atoms with van der Waals surface area (Å²) < 4.78 is 43.5. The maximum Gasteiger partial charge on any atom is 0.416 e. The van der Waals surface area contributed by atoms with Crippen LogP contribution in [-0.4, -0.2) is 25.3 Å². The van der Waals surface area contributed by atoms with Gasteiger partial charge in [-0.25, -0.2) is 9.86 Å². The van der Waals surface area contributed by atoms with E-state index in [1.807, 2.05) is 0 Å². The second-order valence-electron chi connectivity index (χ2n) is 5.23. The first-order valence-electron chi connectivity index (χ1n) is 7.38. The van der Waals surface area contributed by atoms with Crippen molar-refractivity contribution in [1.29, 1.82) is 0 Å². The first-order chi connectivity index (χ1) is 12.2. The van der Waals surface area contributed by atoms with E-state index in [0.717, 1.165) is 17.2 Å². The van der Waals surface area contributed by atoms with Crippen LogP contribution in [0.3, 0.4) is 0 Å². The Morgan fingerprint density at radius 1 is 1.23 bits per heavy atom. The van der Waals surface area contributed by atoms with Gasteiger partial charge in [0, 0.05) is 23.3 Å². The van der Waals surface area contributed by atoms with E-state index >= 15 is 0 Å². The number of nitrogens with one attached hydrogen (secondary N) is 1. The van der Waals surface area contributed by atoms with Crippen LogP contribution >= 0.6 is 11.6 Å². The van der Waals surface area contributed by atoms with E-state index in [2.05, 4.69) is 5.32 Å². The van der Waals surface area contributed by atoms with Crippen molar-refractivity contribution >= 4 is 23.3 Å². The summed E-state index contributed by atoms with van der Waals surface area (Å²) in [7, 11) is 2.79. The van der Waals surface area contributed by atoms with Crippen LogP contribution in [0.25, 0.3) is 0 Å². The topological polar surface area (TPSA) is 50.8 Å².